The summed E-state index contributed by atoms with van der Waals surface area (Å²) in [6.07, 6.45) is 6.56. The highest BCUT2D eigenvalue weighted by Gasteiger charge is 2.40. The quantitative estimate of drug-likeness (QED) is 0.0762. The van der Waals surface area contributed by atoms with Crippen LogP contribution in [0.15, 0.2) is 78.2 Å². The molecule has 17 heteroatoms. The number of carbonyl (C=O) groups excluding carboxylic acids is 4. The van der Waals surface area contributed by atoms with Crippen molar-refractivity contribution in [2.24, 2.45) is 0 Å². The molecule has 0 bridgehead atoms. The number of piperazine rings is 1. The van der Waals surface area contributed by atoms with Gasteiger partial charge >= 0.3 is 0 Å². The van der Waals surface area contributed by atoms with Crippen LogP contribution in [-0.4, -0.2) is 102 Å². The van der Waals surface area contributed by atoms with Gasteiger partial charge in [-0.05, 0) is 80.1 Å². The summed E-state index contributed by atoms with van der Waals surface area (Å²) >= 11 is 0. The van der Waals surface area contributed by atoms with E-state index in [4.69, 9.17) is 9.97 Å². The summed E-state index contributed by atoms with van der Waals surface area (Å²) in [5.74, 6) is -0.0881. The minimum atomic E-state index is -1.01. The fourth-order valence-electron chi connectivity index (χ4n) is 9.08. The largest absolute Gasteiger partial charge is 0.385 e. The molecule has 1 aliphatic carbocycles. The molecule has 17 nitrogen and oxygen atoms in total. The van der Waals surface area contributed by atoms with E-state index in [1.165, 1.54) is 15.8 Å². The number of aliphatic hydroxyl groups is 1. The molecule has 0 saturated carbocycles. The van der Waals surface area contributed by atoms with Crippen LogP contribution in [0.25, 0.3) is 16.9 Å². The number of allylic oxidation sites excluding steroid dienone is 1. The predicted molar refractivity (Wildman–Crippen MR) is 232 cm³/mol. The van der Waals surface area contributed by atoms with Crippen LogP contribution < -0.4 is 26.4 Å². The normalized spacial score (nSPS) is 19.7. The first-order valence-corrected chi connectivity index (χ1v) is 21.3. The lowest BCUT2D eigenvalue weighted by atomic mass is 9.98. The van der Waals surface area contributed by atoms with Crippen molar-refractivity contribution in [2.75, 3.05) is 48.3 Å². The topological polar surface area (TPSA) is 200 Å². The Kier molecular flexibility index (Phi) is 10.8. The molecule has 9 rings (SSSR count). The predicted octanol–water partition coefficient (Wildman–Crippen LogP) is 3.75. The molecule has 3 aliphatic heterocycles. The number of benzene rings is 2. The van der Waals surface area contributed by atoms with Crippen LogP contribution in [0.2, 0.25) is 0 Å². The number of pyridine rings is 1. The van der Waals surface area contributed by atoms with E-state index in [2.05, 4.69) is 32.4 Å². The number of fused-ring (bicyclic) bond motifs is 3. The maximum absolute atomic E-state index is 13.5. The molecule has 4 amide bonds. The van der Waals surface area contributed by atoms with Crippen LogP contribution in [0.5, 0.6) is 0 Å². The zero-order valence-electron chi connectivity index (χ0n) is 34.6. The van der Waals surface area contributed by atoms with Crippen molar-refractivity contribution in [1.29, 1.82) is 0 Å². The van der Waals surface area contributed by atoms with Gasteiger partial charge in [0.25, 0.3) is 11.5 Å². The molecular formula is C45H49N11O6. The van der Waals surface area contributed by atoms with Crippen molar-refractivity contribution in [3.05, 3.63) is 106 Å². The summed E-state index contributed by atoms with van der Waals surface area (Å²) in [4.78, 5) is 83.8. The Labute approximate surface area is 357 Å². The van der Waals surface area contributed by atoms with E-state index in [-0.39, 0.29) is 42.8 Å². The van der Waals surface area contributed by atoms with E-state index in [9.17, 15) is 29.1 Å². The molecular weight excluding hydrogens is 791 g/mol. The van der Waals surface area contributed by atoms with Gasteiger partial charge in [0.15, 0.2) is 11.5 Å². The Balaban J connectivity index is 0.785. The number of aromatic nitrogens is 5. The second kappa shape index (κ2) is 16.5. The van der Waals surface area contributed by atoms with Crippen LogP contribution in [0.3, 0.4) is 0 Å². The number of amides is 4. The fourth-order valence-corrected chi connectivity index (χ4v) is 9.08. The number of nitrogens with zero attached hydrogens (tertiary/aromatic N) is 8. The van der Waals surface area contributed by atoms with Crippen LogP contribution >= 0.6 is 0 Å². The highest BCUT2D eigenvalue weighted by molar-refractivity contribution is 6.06. The SMILES string of the molecule is C=CCn1c(=O)c2cnc(Nc3ccc(N4CCN(C(=O)CCCNc5cccc6c5CN(C5CCC(=O)NC5=O)C6=O)CC4)cc3)nc2n1-c1ccc2c(n1)[C@@](O)(CC)CC2. The van der Waals surface area contributed by atoms with Crippen molar-refractivity contribution >= 4 is 57.7 Å². The third-order valence-electron chi connectivity index (χ3n) is 12.6. The van der Waals surface area contributed by atoms with Crippen molar-refractivity contribution in [3.63, 3.8) is 0 Å². The van der Waals surface area contributed by atoms with Crippen molar-refractivity contribution in [2.45, 2.75) is 76.6 Å². The number of aryl methyl sites for hydroxylation is 1. The molecule has 0 spiro atoms. The van der Waals surface area contributed by atoms with Gasteiger partial charge in [0.2, 0.25) is 23.7 Å². The summed E-state index contributed by atoms with van der Waals surface area (Å²) in [7, 11) is 0. The molecule has 1 unspecified atom stereocenters. The lowest BCUT2D eigenvalue weighted by Gasteiger charge is -2.36. The maximum Gasteiger partial charge on any atom is 0.278 e. The maximum atomic E-state index is 13.5. The molecule has 4 aliphatic rings. The third-order valence-corrected chi connectivity index (χ3v) is 12.6. The highest BCUT2D eigenvalue weighted by atomic mass is 16.3. The summed E-state index contributed by atoms with van der Waals surface area (Å²) < 4.78 is 3.19. The number of piperidine rings is 1. The molecule has 5 aromatic rings. The Morgan fingerprint density at radius 2 is 1.82 bits per heavy atom. The number of anilines is 4. The van der Waals surface area contributed by atoms with Gasteiger partial charge in [0.1, 0.15) is 17.0 Å². The lowest BCUT2D eigenvalue weighted by molar-refractivity contribution is -0.137. The monoisotopic (exact) mass is 839 g/mol. The lowest BCUT2D eigenvalue weighted by Crippen LogP contribution is -2.52. The number of hydrogen-bond acceptors (Lipinski definition) is 12. The second-order valence-electron chi connectivity index (χ2n) is 16.3. The van der Waals surface area contributed by atoms with Crippen LogP contribution in [-0.2, 0) is 39.5 Å². The molecule has 0 radical (unpaired) electrons. The van der Waals surface area contributed by atoms with Crippen molar-refractivity contribution in [3.8, 4) is 5.82 Å². The van der Waals surface area contributed by atoms with Crippen LogP contribution in [0, 0.1) is 0 Å². The fraction of sp³-hybridized carbons (Fsp3) is 0.378. The van der Waals surface area contributed by atoms with E-state index >= 15 is 0 Å². The van der Waals surface area contributed by atoms with E-state index in [0.717, 1.165) is 34.6 Å². The molecule has 2 aromatic carbocycles. The number of nitrogens with one attached hydrogen (secondary N) is 3. The van der Waals surface area contributed by atoms with Crippen LogP contribution in [0.1, 0.15) is 72.6 Å². The Morgan fingerprint density at radius 3 is 2.58 bits per heavy atom. The first kappa shape index (κ1) is 40.5. The number of carbonyl (C=O) groups is 4. The molecule has 6 heterocycles. The van der Waals surface area contributed by atoms with Gasteiger partial charge in [0.05, 0.1) is 12.2 Å². The van der Waals surface area contributed by atoms with E-state index < -0.39 is 17.6 Å². The molecule has 3 aromatic heterocycles. The summed E-state index contributed by atoms with van der Waals surface area (Å²) in [6.45, 7) is 9.44. The van der Waals surface area contributed by atoms with E-state index in [1.807, 2.05) is 60.4 Å². The van der Waals surface area contributed by atoms with Crippen molar-refractivity contribution in [1.82, 2.24) is 39.4 Å². The first-order valence-electron chi connectivity index (χ1n) is 21.3. The van der Waals surface area contributed by atoms with Gasteiger partial charge in [-0.25, -0.2) is 19.3 Å². The van der Waals surface area contributed by atoms with E-state index in [1.54, 1.807) is 16.8 Å². The van der Waals surface area contributed by atoms with Gasteiger partial charge in [-0.1, -0.05) is 25.1 Å². The zero-order chi connectivity index (χ0) is 43.1. The summed E-state index contributed by atoms with van der Waals surface area (Å²) in [5, 5.41) is 20.6. The average Bonchev–Trinajstić information content (AvgIpc) is 3.90. The second-order valence-corrected chi connectivity index (χ2v) is 16.3. The number of hydrogen-bond donors (Lipinski definition) is 4. The Hall–Kier alpha value is -6.88. The molecule has 4 N–H and O–H groups in total. The van der Waals surface area contributed by atoms with E-state index in [0.29, 0.717) is 98.9 Å². The first-order chi connectivity index (χ1) is 30.0. The molecule has 2 fully saturated rings. The van der Waals surface area contributed by atoms with Crippen LogP contribution in [0.4, 0.5) is 23.0 Å². The average molecular weight is 840 g/mol. The minimum absolute atomic E-state index is 0.0974. The minimum Gasteiger partial charge on any atom is -0.385 e. The Bertz CT molecular complexity index is 2670. The van der Waals surface area contributed by atoms with Crippen molar-refractivity contribution < 1.29 is 24.3 Å². The number of imide groups is 1. The van der Waals surface area contributed by atoms with Gasteiger partial charge in [-0.15, -0.1) is 6.58 Å². The third kappa shape index (κ3) is 7.46. The molecule has 2 atom stereocenters. The molecule has 2 saturated heterocycles. The highest BCUT2D eigenvalue weighted by Crippen LogP contribution is 2.39. The number of rotatable bonds is 13. The standard InChI is InChI=1S/C45H49N11O6/c1-3-21-55-43(61)32-26-47-44(51-40(32)56(55)36-16-10-28-18-19-45(62,4-2)39(28)49-36)48-29-11-13-30(14-12-29)52-22-24-53(25-23-52)38(58)9-6-20-46-34-8-5-7-31-33(34)27-54(42(31)60)35-15-17-37(57)50-41(35)59/h3,5,7-8,10-14,16,26,35,46,62H,1,4,6,9,15,17-25,27H2,2H3,(H,47,48,51)(H,50,57,59)/t35?,45-/m1/s1. The smallest absolute Gasteiger partial charge is 0.278 e. The molecule has 320 valence electrons. The zero-order valence-corrected chi connectivity index (χ0v) is 34.6. The molecule has 62 heavy (non-hydrogen) atoms. The van der Waals surface area contributed by atoms with Gasteiger partial charge in [-0.2, -0.15) is 4.98 Å². The van der Waals surface area contributed by atoms with Gasteiger partial charge in [0, 0.05) is 86.5 Å². The Morgan fingerprint density at radius 1 is 1.02 bits per heavy atom. The summed E-state index contributed by atoms with van der Waals surface area (Å²) in [6, 6.07) is 16.5. The summed E-state index contributed by atoms with van der Waals surface area (Å²) in [5.41, 5.74) is 4.71. The van der Waals surface area contributed by atoms with Gasteiger partial charge < -0.3 is 30.4 Å². The van der Waals surface area contributed by atoms with Gasteiger partial charge in [-0.3, -0.25) is 29.3 Å².